The normalized spacial score (nSPS) is 10.9. The summed E-state index contributed by atoms with van der Waals surface area (Å²) in [6.07, 6.45) is 3.77. The average Bonchev–Trinajstić information content (AvgIpc) is 2.77. The van der Waals surface area contributed by atoms with Crippen LogP contribution in [0, 0.1) is 13.8 Å². The first-order valence-corrected chi connectivity index (χ1v) is 6.72. The number of pyridine rings is 1. The van der Waals surface area contributed by atoms with E-state index in [1.165, 1.54) is 16.8 Å². The van der Waals surface area contributed by atoms with Crippen LogP contribution < -0.4 is 5.32 Å². The summed E-state index contributed by atoms with van der Waals surface area (Å²) >= 11 is 0. The predicted octanol–water partition coefficient (Wildman–Crippen LogP) is 3.20. The molecule has 1 N–H and O–H groups in total. The minimum absolute atomic E-state index is 0.771. The summed E-state index contributed by atoms with van der Waals surface area (Å²) in [5.74, 6) is 0. The molecule has 0 aliphatic heterocycles. The molecule has 1 aromatic carbocycles. The Balaban J connectivity index is 1.92. The highest BCUT2D eigenvalue weighted by atomic mass is 15.3. The van der Waals surface area contributed by atoms with Crippen molar-refractivity contribution < 1.29 is 0 Å². The van der Waals surface area contributed by atoms with Gasteiger partial charge in [-0.1, -0.05) is 18.2 Å². The highest BCUT2D eigenvalue weighted by Crippen LogP contribution is 2.24. The van der Waals surface area contributed by atoms with Gasteiger partial charge in [0, 0.05) is 42.1 Å². The molecule has 2 aromatic heterocycles. The number of aromatic nitrogens is 3. The Morgan fingerprint density at radius 2 is 2.05 bits per heavy atom. The van der Waals surface area contributed by atoms with Gasteiger partial charge < -0.3 is 5.32 Å². The van der Waals surface area contributed by atoms with Gasteiger partial charge in [0.15, 0.2) is 0 Å². The fourth-order valence-corrected chi connectivity index (χ4v) is 2.39. The van der Waals surface area contributed by atoms with Crippen LogP contribution in [0.2, 0.25) is 0 Å². The van der Waals surface area contributed by atoms with Crippen LogP contribution in [0.15, 0.2) is 36.7 Å². The smallest absolute Gasteiger partial charge is 0.0751 e. The van der Waals surface area contributed by atoms with Crippen LogP contribution in [-0.4, -0.2) is 14.8 Å². The number of hydrogen-bond donors (Lipinski definition) is 1. The molecule has 4 heteroatoms. The highest BCUT2D eigenvalue weighted by Gasteiger charge is 2.06. The summed E-state index contributed by atoms with van der Waals surface area (Å²) in [7, 11) is 1.96. The zero-order valence-electron chi connectivity index (χ0n) is 12.0. The summed E-state index contributed by atoms with van der Waals surface area (Å²) in [6, 6.07) is 8.28. The number of fused-ring (bicyclic) bond motifs is 1. The van der Waals surface area contributed by atoms with Crippen LogP contribution in [0.3, 0.4) is 0 Å². The molecular weight excluding hydrogens is 248 g/mol. The third kappa shape index (κ3) is 2.13. The average molecular weight is 266 g/mol. The molecule has 3 aromatic rings. The Kier molecular flexibility index (Phi) is 3.14. The lowest BCUT2D eigenvalue weighted by Gasteiger charge is -2.10. The minimum Gasteiger partial charge on any atom is -0.380 e. The van der Waals surface area contributed by atoms with Gasteiger partial charge in [0.1, 0.15) is 0 Å². The third-order valence-corrected chi connectivity index (χ3v) is 3.78. The van der Waals surface area contributed by atoms with E-state index in [4.69, 9.17) is 0 Å². The van der Waals surface area contributed by atoms with E-state index in [2.05, 4.69) is 47.4 Å². The third-order valence-electron chi connectivity index (χ3n) is 3.78. The minimum atomic E-state index is 0.771. The molecule has 0 fully saturated rings. The Labute approximate surface area is 118 Å². The molecule has 0 unspecified atom stereocenters. The molecule has 0 bridgehead atoms. The van der Waals surface area contributed by atoms with E-state index in [-0.39, 0.29) is 0 Å². The SMILES string of the molecule is Cc1cccc2c(NCc3cnn(C)c3C)ccnc12. The lowest BCUT2D eigenvalue weighted by molar-refractivity contribution is 0.738. The number of aryl methyl sites for hydroxylation is 2. The molecule has 0 aliphatic rings. The first kappa shape index (κ1) is 12.7. The maximum Gasteiger partial charge on any atom is 0.0751 e. The molecule has 0 amide bonds. The van der Waals surface area contributed by atoms with Gasteiger partial charge in [0.2, 0.25) is 0 Å². The van der Waals surface area contributed by atoms with Gasteiger partial charge in [-0.25, -0.2) is 0 Å². The maximum absolute atomic E-state index is 4.46. The summed E-state index contributed by atoms with van der Waals surface area (Å²) in [5.41, 5.74) is 5.77. The first-order valence-electron chi connectivity index (χ1n) is 6.72. The highest BCUT2D eigenvalue weighted by molar-refractivity contribution is 5.92. The second-order valence-electron chi connectivity index (χ2n) is 5.06. The summed E-state index contributed by atoms with van der Waals surface area (Å²) in [6.45, 7) is 4.94. The Morgan fingerprint density at radius 1 is 1.20 bits per heavy atom. The number of nitrogens with zero attached hydrogens (tertiary/aromatic N) is 3. The number of para-hydroxylation sites is 1. The lowest BCUT2D eigenvalue weighted by atomic mass is 10.1. The standard InChI is InChI=1S/C16H18N4/c1-11-5-4-6-14-15(7-8-17-16(11)14)18-9-13-10-19-20(3)12(13)2/h4-8,10H,9H2,1-3H3,(H,17,18). The van der Waals surface area contributed by atoms with Crippen LogP contribution in [0.4, 0.5) is 5.69 Å². The van der Waals surface area contributed by atoms with E-state index in [1.54, 1.807) is 0 Å². The zero-order chi connectivity index (χ0) is 14.1. The Hall–Kier alpha value is -2.36. The van der Waals surface area contributed by atoms with Crippen LogP contribution >= 0.6 is 0 Å². The van der Waals surface area contributed by atoms with Crippen molar-refractivity contribution in [3.05, 3.63) is 53.5 Å². The van der Waals surface area contributed by atoms with Crippen LogP contribution in [-0.2, 0) is 13.6 Å². The molecule has 102 valence electrons. The first-order chi connectivity index (χ1) is 9.66. The van der Waals surface area contributed by atoms with Crippen molar-refractivity contribution in [3.63, 3.8) is 0 Å². The van der Waals surface area contributed by atoms with Crippen molar-refractivity contribution in [2.45, 2.75) is 20.4 Å². The molecule has 4 nitrogen and oxygen atoms in total. The van der Waals surface area contributed by atoms with E-state index < -0.39 is 0 Å². The molecule has 0 saturated heterocycles. The molecule has 3 rings (SSSR count). The molecule has 0 saturated carbocycles. The molecule has 20 heavy (non-hydrogen) atoms. The maximum atomic E-state index is 4.46. The number of benzene rings is 1. The van der Waals surface area contributed by atoms with Crippen LogP contribution in [0.25, 0.3) is 10.9 Å². The van der Waals surface area contributed by atoms with Gasteiger partial charge in [0.25, 0.3) is 0 Å². The van der Waals surface area contributed by atoms with Crippen LogP contribution in [0.1, 0.15) is 16.8 Å². The quantitative estimate of drug-likeness (QED) is 0.791. The van der Waals surface area contributed by atoms with Gasteiger partial charge in [0.05, 0.1) is 11.7 Å². The fourth-order valence-electron chi connectivity index (χ4n) is 2.39. The molecular formula is C16H18N4. The van der Waals surface area contributed by atoms with Crippen molar-refractivity contribution >= 4 is 16.6 Å². The van der Waals surface area contributed by atoms with Crippen molar-refractivity contribution in [2.24, 2.45) is 7.05 Å². The summed E-state index contributed by atoms with van der Waals surface area (Å²) < 4.78 is 1.89. The van der Waals surface area contributed by atoms with Gasteiger partial charge in [-0.3, -0.25) is 9.67 Å². The van der Waals surface area contributed by atoms with E-state index in [0.717, 1.165) is 23.1 Å². The van der Waals surface area contributed by atoms with Crippen molar-refractivity contribution in [1.82, 2.24) is 14.8 Å². The van der Waals surface area contributed by atoms with Crippen molar-refractivity contribution in [3.8, 4) is 0 Å². The number of rotatable bonds is 3. The second-order valence-corrected chi connectivity index (χ2v) is 5.06. The monoisotopic (exact) mass is 266 g/mol. The largest absolute Gasteiger partial charge is 0.380 e. The zero-order valence-corrected chi connectivity index (χ0v) is 12.0. The van der Waals surface area contributed by atoms with Gasteiger partial charge >= 0.3 is 0 Å². The van der Waals surface area contributed by atoms with Crippen molar-refractivity contribution in [2.75, 3.05) is 5.32 Å². The van der Waals surface area contributed by atoms with Gasteiger partial charge in [-0.2, -0.15) is 5.10 Å². The lowest BCUT2D eigenvalue weighted by Crippen LogP contribution is -2.02. The number of anilines is 1. The predicted molar refractivity (Wildman–Crippen MR) is 81.8 cm³/mol. The molecule has 2 heterocycles. The molecule has 0 spiro atoms. The number of nitrogens with one attached hydrogen (secondary N) is 1. The Bertz CT molecular complexity index is 758. The van der Waals surface area contributed by atoms with Gasteiger partial charge in [-0.05, 0) is 25.5 Å². The number of hydrogen-bond acceptors (Lipinski definition) is 3. The van der Waals surface area contributed by atoms with Crippen molar-refractivity contribution in [1.29, 1.82) is 0 Å². The molecule has 0 aliphatic carbocycles. The van der Waals surface area contributed by atoms with Crippen LogP contribution in [0.5, 0.6) is 0 Å². The molecule has 0 radical (unpaired) electrons. The topological polar surface area (TPSA) is 42.7 Å². The fraction of sp³-hybridized carbons (Fsp3) is 0.250. The van der Waals surface area contributed by atoms with E-state index in [0.29, 0.717) is 0 Å². The van der Waals surface area contributed by atoms with E-state index in [1.807, 2.05) is 30.2 Å². The van der Waals surface area contributed by atoms with Gasteiger partial charge in [-0.15, -0.1) is 0 Å². The van der Waals surface area contributed by atoms with E-state index >= 15 is 0 Å². The Morgan fingerprint density at radius 3 is 2.80 bits per heavy atom. The second kappa shape index (κ2) is 4.96. The molecule has 0 atom stereocenters. The summed E-state index contributed by atoms with van der Waals surface area (Å²) in [5, 5.41) is 8.92. The van der Waals surface area contributed by atoms with E-state index in [9.17, 15) is 0 Å². The summed E-state index contributed by atoms with van der Waals surface area (Å²) in [4.78, 5) is 4.46.